The highest BCUT2D eigenvalue weighted by molar-refractivity contribution is 7.79. The monoisotopic (exact) mass is 296 g/mol. The van der Waals surface area contributed by atoms with E-state index in [9.17, 15) is 4.57 Å². The standard InChI is InChI=1S/C19H21OP/c20-21(15-9-3-1-4-10-15,16-11-5-2-6-12-16)19-17-13-7-8-14-18(17)19/h1-6,9-12,17-19H,7-8,13-14H2. The molecule has 2 aromatic rings. The zero-order valence-electron chi connectivity index (χ0n) is 12.2. The van der Waals surface area contributed by atoms with Crippen molar-refractivity contribution in [2.75, 3.05) is 0 Å². The first-order chi connectivity index (χ1) is 10.3. The topological polar surface area (TPSA) is 17.1 Å². The Hall–Kier alpha value is -1.33. The molecule has 2 unspecified atom stereocenters. The lowest BCUT2D eigenvalue weighted by Gasteiger charge is -2.20. The van der Waals surface area contributed by atoms with Crippen LogP contribution in [0.1, 0.15) is 25.7 Å². The van der Waals surface area contributed by atoms with Crippen molar-refractivity contribution >= 4 is 17.8 Å². The molecule has 0 amide bonds. The average Bonchev–Trinajstić information content (AvgIpc) is 3.31. The van der Waals surface area contributed by atoms with E-state index in [1.54, 1.807) is 0 Å². The first kappa shape index (κ1) is 13.3. The number of hydrogen-bond acceptors (Lipinski definition) is 1. The van der Waals surface area contributed by atoms with Crippen molar-refractivity contribution in [3.8, 4) is 0 Å². The molecule has 2 saturated carbocycles. The third-order valence-electron chi connectivity index (χ3n) is 5.31. The summed E-state index contributed by atoms with van der Waals surface area (Å²) in [5.74, 6) is 1.40. The molecule has 2 atom stereocenters. The average molecular weight is 296 g/mol. The van der Waals surface area contributed by atoms with E-state index in [0.29, 0.717) is 17.5 Å². The molecule has 0 heterocycles. The Kier molecular flexibility index (Phi) is 3.27. The second kappa shape index (κ2) is 5.14. The predicted molar refractivity (Wildman–Crippen MR) is 89.0 cm³/mol. The molecule has 0 aliphatic heterocycles. The van der Waals surface area contributed by atoms with Gasteiger partial charge in [-0.05, 0) is 24.7 Å². The lowest BCUT2D eigenvalue weighted by molar-refractivity contribution is 0.480. The summed E-state index contributed by atoms with van der Waals surface area (Å²) in [7, 11) is -2.49. The normalized spacial score (nSPS) is 27.9. The maximum atomic E-state index is 14.1. The number of fused-ring (bicyclic) bond motifs is 1. The molecule has 108 valence electrons. The van der Waals surface area contributed by atoms with Crippen LogP contribution in [-0.2, 0) is 4.57 Å². The molecule has 0 aromatic heterocycles. The lowest BCUT2D eigenvalue weighted by atomic mass is 10.0. The van der Waals surface area contributed by atoms with Gasteiger partial charge in [0.1, 0.15) is 7.14 Å². The largest absolute Gasteiger partial charge is 0.313 e. The zero-order valence-corrected chi connectivity index (χ0v) is 13.1. The van der Waals surface area contributed by atoms with Gasteiger partial charge in [0.15, 0.2) is 0 Å². The minimum atomic E-state index is -2.49. The Balaban J connectivity index is 1.82. The summed E-state index contributed by atoms with van der Waals surface area (Å²) in [4.78, 5) is 0. The van der Waals surface area contributed by atoms with Crippen LogP contribution in [0.5, 0.6) is 0 Å². The third kappa shape index (κ3) is 2.10. The van der Waals surface area contributed by atoms with Gasteiger partial charge in [-0.1, -0.05) is 73.5 Å². The Morgan fingerprint density at radius 2 is 1.14 bits per heavy atom. The van der Waals surface area contributed by atoms with Crippen LogP contribution in [0.3, 0.4) is 0 Å². The molecular formula is C19H21OP. The van der Waals surface area contributed by atoms with E-state index in [0.717, 1.165) is 10.6 Å². The molecular weight excluding hydrogens is 275 g/mol. The maximum Gasteiger partial charge on any atom is 0.146 e. The summed E-state index contributed by atoms with van der Waals surface area (Å²) < 4.78 is 14.1. The van der Waals surface area contributed by atoms with Crippen LogP contribution in [-0.4, -0.2) is 5.66 Å². The fraction of sp³-hybridized carbons (Fsp3) is 0.368. The Morgan fingerprint density at radius 3 is 1.57 bits per heavy atom. The van der Waals surface area contributed by atoms with E-state index in [1.807, 2.05) is 36.4 Å². The fourth-order valence-electron chi connectivity index (χ4n) is 4.29. The molecule has 2 aromatic carbocycles. The Bertz CT molecular complexity index is 609. The summed E-state index contributed by atoms with van der Waals surface area (Å²) in [6.45, 7) is 0. The molecule has 0 saturated heterocycles. The van der Waals surface area contributed by atoms with Gasteiger partial charge >= 0.3 is 0 Å². The second-order valence-electron chi connectivity index (χ2n) is 6.43. The van der Waals surface area contributed by atoms with Crippen molar-refractivity contribution in [3.63, 3.8) is 0 Å². The number of rotatable bonds is 3. The van der Waals surface area contributed by atoms with E-state index >= 15 is 0 Å². The van der Waals surface area contributed by atoms with Gasteiger partial charge < -0.3 is 4.57 Å². The third-order valence-corrected chi connectivity index (χ3v) is 9.05. The van der Waals surface area contributed by atoms with Crippen LogP contribution in [0.15, 0.2) is 60.7 Å². The highest BCUT2D eigenvalue weighted by Gasteiger charge is 2.60. The molecule has 2 aliphatic carbocycles. The predicted octanol–water partition coefficient (Wildman–Crippen LogP) is 4.19. The second-order valence-corrected chi connectivity index (χ2v) is 9.38. The smallest absolute Gasteiger partial charge is 0.146 e. The van der Waals surface area contributed by atoms with Crippen LogP contribution >= 0.6 is 7.14 Å². The number of benzene rings is 2. The van der Waals surface area contributed by atoms with E-state index in [4.69, 9.17) is 0 Å². The van der Waals surface area contributed by atoms with Gasteiger partial charge in [0, 0.05) is 16.3 Å². The SMILES string of the molecule is O=P(c1ccccc1)(c1ccccc1)C1C2CCCCC21. The Morgan fingerprint density at radius 1 is 0.714 bits per heavy atom. The van der Waals surface area contributed by atoms with Gasteiger partial charge in [-0.15, -0.1) is 0 Å². The fourth-order valence-corrected chi connectivity index (χ4v) is 8.22. The quantitative estimate of drug-likeness (QED) is 0.776. The summed E-state index contributed by atoms with van der Waals surface area (Å²) in [5, 5.41) is 2.10. The summed E-state index contributed by atoms with van der Waals surface area (Å²) >= 11 is 0. The van der Waals surface area contributed by atoms with Crippen molar-refractivity contribution in [1.82, 2.24) is 0 Å². The molecule has 21 heavy (non-hydrogen) atoms. The van der Waals surface area contributed by atoms with Crippen LogP contribution in [0.2, 0.25) is 0 Å². The van der Waals surface area contributed by atoms with Crippen LogP contribution in [0.25, 0.3) is 0 Å². The van der Waals surface area contributed by atoms with Gasteiger partial charge in [-0.2, -0.15) is 0 Å². The van der Waals surface area contributed by atoms with Crippen molar-refractivity contribution in [2.45, 2.75) is 31.3 Å². The van der Waals surface area contributed by atoms with Gasteiger partial charge in [0.25, 0.3) is 0 Å². The zero-order chi connectivity index (χ0) is 14.3. The lowest BCUT2D eigenvalue weighted by Crippen LogP contribution is -2.20. The summed E-state index contributed by atoms with van der Waals surface area (Å²) in [6, 6.07) is 20.4. The van der Waals surface area contributed by atoms with Crippen molar-refractivity contribution < 1.29 is 4.57 Å². The van der Waals surface area contributed by atoms with Crippen molar-refractivity contribution in [2.24, 2.45) is 11.8 Å². The van der Waals surface area contributed by atoms with E-state index in [1.165, 1.54) is 25.7 Å². The molecule has 2 heteroatoms. The van der Waals surface area contributed by atoms with Gasteiger partial charge in [0.05, 0.1) is 0 Å². The molecule has 1 nitrogen and oxygen atoms in total. The van der Waals surface area contributed by atoms with Gasteiger partial charge in [-0.3, -0.25) is 0 Å². The van der Waals surface area contributed by atoms with Crippen molar-refractivity contribution in [1.29, 1.82) is 0 Å². The molecule has 0 N–H and O–H groups in total. The molecule has 4 rings (SSSR count). The van der Waals surface area contributed by atoms with Crippen LogP contribution in [0.4, 0.5) is 0 Å². The van der Waals surface area contributed by atoms with E-state index < -0.39 is 7.14 Å². The van der Waals surface area contributed by atoms with Crippen LogP contribution in [0, 0.1) is 11.8 Å². The number of hydrogen-bond donors (Lipinski definition) is 0. The van der Waals surface area contributed by atoms with Crippen molar-refractivity contribution in [3.05, 3.63) is 60.7 Å². The summed E-state index contributed by atoms with van der Waals surface area (Å²) in [6.07, 6.45) is 5.19. The minimum absolute atomic E-state index is 0.393. The first-order valence-electron chi connectivity index (χ1n) is 8.03. The maximum absolute atomic E-state index is 14.1. The first-order valence-corrected chi connectivity index (χ1v) is 9.80. The van der Waals surface area contributed by atoms with Gasteiger partial charge in [-0.25, -0.2) is 0 Å². The van der Waals surface area contributed by atoms with Gasteiger partial charge in [0.2, 0.25) is 0 Å². The highest BCUT2D eigenvalue weighted by atomic mass is 31.2. The molecule has 0 spiro atoms. The molecule has 0 bridgehead atoms. The molecule has 2 fully saturated rings. The minimum Gasteiger partial charge on any atom is -0.313 e. The summed E-state index contributed by atoms with van der Waals surface area (Å²) in [5.41, 5.74) is 0.393. The molecule has 0 radical (unpaired) electrons. The Labute approximate surface area is 126 Å². The van der Waals surface area contributed by atoms with E-state index in [2.05, 4.69) is 24.3 Å². The highest BCUT2D eigenvalue weighted by Crippen LogP contribution is 2.69. The van der Waals surface area contributed by atoms with E-state index in [-0.39, 0.29) is 0 Å². The van der Waals surface area contributed by atoms with Crippen LogP contribution < -0.4 is 10.6 Å². The molecule has 2 aliphatic rings.